The van der Waals surface area contributed by atoms with Crippen LogP contribution in [0.25, 0.3) is 10.9 Å². The third-order valence-electron chi connectivity index (χ3n) is 3.60. The Labute approximate surface area is 101 Å². The number of para-hydroxylation sites is 1. The zero-order valence-corrected chi connectivity index (χ0v) is 10.3. The summed E-state index contributed by atoms with van der Waals surface area (Å²) in [4.78, 5) is 0. The minimum atomic E-state index is -0.226. The van der Waals surface area contributed by atoms with Gasteiger partial charge in [0.25, 0.3) is 0 Å². The number of hydrogen-bond acceptors (Lipinski definition) is 2. The molecule has 2 aromatic rings. The monoisotopic (exact) mass is 231 g/mol. The average Bonchev–Trinajstić information content (AvgIpc) is 2.94. The Morgan fingerprint density at radius 3 is 2.88 bits per heavy atom. The van der Waals surface area contributed by atoms with Crippen molar-refractivity contribution >= 4 is 10.9 Å². The van der Waals surface area contributed by atoms with Gasteiger partial charge in [-0.1, -0.05) is 12.1 Å². The van der Waals surface area contributed by atoms with Gasteiger partial charge < -0.3 is 14.0 Å². The number of fused-ring (bicyclic) bond motifs is 1. The zero-order chi connectivity index (χ0) is 11.9. The van der Waals surface area contributed by atoms with E-state index in [-0.39, 0.29) is 5.72 Å². The van der Waals surface area contributed by atoms with Gasteiger partial charge in [0, 0.05) is 18.2 Å². The van der Waals surface area contributed by atoms with Gasteiger partial charge in [-0.2, -0.15) is 0 Å². The van der Waals surface area contributed by atoms with Gasteiger partial charge in [-0.25, -0.2) is 0 Å². The molecule has 3 rings (SSSR count). The van der Waals surface area contributed by atoms with Gasteiger partial charge in [-0.3, -0.25) is 0 Å². The molecule has 2 heterocycles. The number of ether oxygens (including phenoxy) is 2. The second kappa shape index (κ2) is 3.77. The highest BCUT2D eigenvalue weighted by atomic mass is 16.5. The molecule has 1 atom stereocenters. The SMILES string of the molecule is COc1cn(C2(C)CCCO2)c2ccccc12. The Kier molecular flexibility index (Phi) is 2.37. The molecule has 0 saturated carbocycles. The molecule has 0 spiro atoms. The minimum absolute atomic E-state index is 0.226. The smallest absolute Gasteiger partial charge is 0.144 e. The maximum absolute atomic E-state index is 5.90. The summed E-state index contributed by atoms with van der Waals surface area (Å²) in [6, 6.07) is 8.29. The van der Waals surface area contributed by atoms with Crippen LogP contribution in [0.3, 0.4) is 0 Å². The van der Waals surface area contributed by atoms with Crippen molar-refractivity contribution in [2.24, 2.45) is 0 Å². The lowest BCUT2D eigenvalue weighted by Crippen LogP contribution is -2.27. The van der Waals surface area contributed by atoms with Crippen LogP contribution in [0.4, 0.5) is 0 Å². The first-order valence-electron chi connectivity index (χ1n) is 6.03. The van der Waals surface area contributed by atoms with Crippen molar-refractivity contribution in [3.63, 3.8) is 0 Å². The largest absolute Gasteiger partial charge is 0.495 e. The molecule has 0 amide bonds. The summed E-state index contributed by atoms with van der Waals surface area (Å²) < 4.78 is 13.5. The molecule has 1 unspecified atom stereocenters. The van der Waals surface area contributed by atoms with Crippen molar-refractivity contribution in [3.8, 4) is 5.75 Å². The topological polar surface area (TPSA) is 23.4 Å². The maximum Gasteiger partial charge on any atom is 0.144 e. The second-order valence-corrected chi connectivity index (χ2v) is 4.71. The summed E-state index contributed by atoms with van der Waals surface area (Å²) in [5.41, 5.74) is 0.949. The van der Waals surface area contributed by atoms with E-state index in [9.17, 15) is 0 Å². The summed E-state index contributed by atoms with van der Waals surface area (Å²) in [5.74, 6) is 0.914. The fourth-order valence-corrected chi connectivity index (χ4v) is 2.66. The second-order valence-electron chi connectivity index (χ2n) is 4.71. The Morgan fingerprint density at radius 2 is 2.18 bits per heavy atom. The van der Waals surface area contributed by atoms with E-state index >= 15 is 0 Å². The van der Waals surface area contributed by atoms with Crippen molar-refractivity contribution in [1.29, 1.82) is 0 Å². The molecule has 0 bridgehead atoms. The van der Waals surface area contributed by atoms with Gasteiger partial charge in [-0.05, 0) is 31.9 Å². The average molecular weight is 231 g/mol. The summed E-state index contributed by atoms with van der Waals surface area (Å²) >= 11 is 0. The molecular weight excluding hydrogens is 214 g/mol. The van der Waals surface area contributed by atoms with E-state index in [4.69, 9.17) is 9.47 Å². The fraction of sp³-hybridized carbons (Fsp3) is 0.429. The molecule has 17 heavy (non-hydrogen) atoms. The Hall–Kier alpha value is -1.48. The van der Waals surface area contributed by atoms with Crippen LogP contribution in [0.5, 0.6) is 5.75 Å². The van der Waals surface area contributed by atoms with Gasteiger partial charge in [0.05, 0.1) is 12.6 Å². The van der Waals surface area contributed by atoms with Crippen molar-refractivity contribution in [3.05, 3.63) is 30.5 Å². The first-order valence-corrected chi connectivity index (χ1v) is 6.03. The zero-order valence-electron chi connectivity index (χ0n) is 10.3. The van der Waals surface area contributed by atoms with E-state index < -0.39 is 0 Å². The van der Waals surface area contributed by atoms with E-state index in [1.165, 1.54) is 5.52 Å². The number of methoxy groups -OCH3 is 1. The third kappa shape index (κ3) is 1.53. The number of nitrogens with zero attached hydrogens (tertiary/aromatic N) is 1. The van der Waals surface area contributed by atoms with Crippen LogP contribution < -0.4 is 4.74 Å². The molecule has 90 valence electrons. The molecule has 3 heteroatoms. The third-order valence-corrected chi connectivity index (χ3v) is 3.60. The van der Waals surface area contributed by atoms with E-state index in [0.29, 0.717) is 0 Å². The molecule has 1 saturated heterocycles. The number of benzene rings is 1. The first kappa shape index (κ1) is 10.7. The van der Waals surface area contributed by atoms with Gasteiger partial charge in [0.1, 0.15) is 11.5 Å². The molecule has 1 aliphatic heterocycles. The van der Waals surface area contributed by atoms with Crippen LogP contribution in [0.2, 0.25) is 0 Å². The predicted molar refractivity (Wildman–Crippen MR) is 67.3 cm³/mol. The van der Waals surface area contributed by atoms with Crippen molar-refractivity contribution in [1.82, 2.24) is 4.57 Å². The first-order chi connectivity index (χ1) is 8.24. The van der Waals surface area contributed by atoms with Crippen LogP contribution >= 0.6 is 0 Å². The van der Waals surface area contributed by atoms with Crippen LogP contribution in [-0.2, 0) is 10.5 Å². The number of aromatic nitrogens is 1. The summed E-state index contributed by atoms with van der Waals surface area (Å²) in [6.07, 6.45) is 4.22. The molecule has 1 aromatic carbocycles. The van der Waals surface area contributed by atoms with Crippen LogP contribution in [-0.4, -0.2) is 18.3 Å². The minimum Gasteiger partial charge on any atom is -0.495 e. The molecule has 1 aromatic heterocycles. The Bertz CT molecular complexity index is 538. The predicted octanol–water partition coefficient (Wildman–Crippen LogP) is 3.13. The number of rotatable bonds is 2. The summed E-state index contributed by atoms with van der Waals surface area (Å²) in [5, 5.41) is 1.15. The highest BCUT2D eigenvalue weighted by Gasteiger charge is 2.33. The molecule has 0 radical (unpaired) electrons. The van der Waals surface area contributed by atoms with Gasteiger partial charge in [0.15, 0.2) is 0 Å². The van der Waals surface area contributed by atoms with E-state index in [0.717, 1.165) is 30.6 Å². The molecule has 0 aliphatic carbocycles. The summed E-state index contributed by atoms with van der Waals surface area (Å²) in [6.45, 7) is 2.98. The normalized spacial score (nSPS) is 24.4. The van der Waals surface area contributed by atoms with Crippen molar-refractivity contribution in [2.75, 3.05) is 13.7 Å². The number of hydrogen-bond donors (Lipinski definition) is 0. The van der Waals surface area contributed by atoms with Gasteiger partial charge in [-0.15, -0.1) is 0 Å². The lowest BCUT2D eigenvalue weighted by Gasteiger charge is -2.26. The maximum atomic E-state index is 5.90. The fourth-order valence-electron chi connectivity index (χ4n) is 2.66. The highest BCUT2D eigenvalue weighted by molar-refractivity contribution is 5.87. The standard InChI is InChI=1S/C14H17NO2/c1-14(8-5-9-17-14)15-10-13(16-2)11-6-3-4-7-12(11)15/h3-4,6-7,10H,5,8-9H2,1-2H3. The van der Waals surface area contributed by atoms with Crippen LogP contribution in [0.15, 0.2) is 30.5 Å². The van der Waals surface area contributed by atoms with Gasteiger partial charge >= 0.3 is 0 Å². The Morgan fingerprint density at radius 1 is 1.35 bits per heavy atom. The lowest BCUT2D eigenvalue weighted by molar-refractivity contribution is -0.0424. The van der Waals surface area contributed by atoms with Gasteiger partial charge in [0.2, 0.25) is 0 Å². The van der Waals surface area contributed by atoms with E-state index in [1.54, 1.807) is 7.11 Å². The molecule has 0 N–H and O–H groups in total. The molecular formula is C14H17NO2. The quantitative estimate of drug-likeness (QED) is 0.792. The molecule has 1 fully saturated rings. The Balaban J connectivity index is 2.22. The van der Waals surface area contributed by atoms with Crippen molar-refractivity contribution < 1.29 is 9.47 Å². The van der Waals surface area contributed by atoms with Crippen LogP contribution in [0.1, 0.15) is 19.8 Å². The lowest BCUT2D eigenvalue weighted by atomic mass is 10.1. The highest BCUT2D eigenvalue weighted by Crippen LogP contribution is 2.37. The van der Waals surface area contributed by atoms with Crippen LogP contribution in [0, 0.1) is 0 Å². The van der Waals surface area contributed by atoms with E-state index in [2.05, 4.69) is 35.9 Å². The molecule has 1 aliphatic rings. The molecule has 3 nitrogen and oxygen atoms in total. The van der Waals surface area contributed by atoms with E-state index in [1.807, 2.05) is 6.07 Å². The summed E-state index contributed by atoms with van der Waals surface area (Å²) in [7, 11) is 1.71. The van der Waals surface area contributed by atoms with Crippen molar-refractivity contribution in [2.45, 2.75) is 25.5 Å².